The fraction of sp³-hybridized carbons (Fsp3) is 0.750. The molecule has 0 aromatic carbocycles. The highest BCUT2D eigenvalue weighted by Gasteiger charge is 2.02. The molecule has 0 aromatic rings. The monoisotopic (exact) mass is 157 g/mol. The molecule has 64 valence electrons. The Morgan fingerprint density at radius 2 is 2.64 bits per heavy atom. The summed E-state index contributed by atoms with van der Waals surface area (Å²) in [5.41, 5.74) is 0. The third kappa shape index (κ3) is 3.39. The van der Waals surface area contributed by atoms with Crippen molar-refractivity contribution in [2.75, 3.05) is 33.4 Å². The number of rotatable bonds is 5. The summed E-state index contributed by atoms with van der Waals surface area (Å²) in [6.07, 6.45) is 3.18. The zero-order valence-electron chi connectivity index (χ0n) is 6.93. The molecule has 1 aliphatic heterocycles. The summed E-state index contributed by atoms with van der Waals surface area (Å²) in [5, 5.41) is 3.21. The average molecular weight is 157 g/mol. The highest BCUT2D eigenvalue weighted by Crippen LogP contribution is 2.06. The van der Waals surface area contributed by atoms with Gasteiger partial charge >= 0.3 is 0 Å². The van der Waals surface area contributed by atoms with E-state index in [-0.39, 0.29) is 0 Å². The molecule has 1 N–H and O–H groups in total. The highest BCUT2D eigenvalue weighted by molar-refractivity contribution is 4.99. The van der Waals surface area contributed by atoms with E-state index in [0.29, 0.717) is 0 Å². The van der Waals surface area contributed by atoms with Gasteiger partial charge in [-0.3, -0.25) is 0 Å². The Labute approximate surface area is 67.4 Å². The molecule has 0 amide bonds. The van der Waals surface area contributed by atoms with Crippen LogP contribution >= 0.6 is 0 Å². The summed E-state index contributed by atoms with van der Waals surface area (Å²) in [6, 6.07) is 0. The number of hydrogen-bond donors (Lipinski definition) is 1. The van der Waals surface area contributed by atoms with Gasteiger partial charge in [-0.1, -0.05) is 0 Å². The van der Waals surface area contributed by atoms with Gasteiger partial charge in [-0.05, 0) is 6.08 Å². The Balaban J connectivity index is 1.94. The number of methoxy groups -OCH3 is 1. The van der Waals surface area contributed by atoms with Gasteiger partial charge in [0.05, 0.1) is 19.8 Å². The molecule has 1 aliphatic rings. The van der Waals surface area contributed by atoms with Gasteiger partial charge in [0.2, 0.25) is 0 Å². The quantitative estimate of drug-likeness (QED) is 0.590. The fourth-order valence-electron chi connectivity index (χ4n) is 0.978. The van der Waals surface area contributed by atoms with Crippen LogP contribution in [0.1, 0.15) is 6.42 Å². The van der Waals surface area contributed by atoms with Crippen molar-refractivity contribution >= 4 is 0 Å². The normalized spacial score (nSPS) is 16.3. The highest BCUT2D eigenvalue weighted by atomic mass is 16.5. The van der Waals surface area contributed by atoms with E-state index in [0.717, 1.165) is 38.5 Å². The fourth-order valence-corrected chi connectivity index (χ4v) is 0.978. The molecule has 0 aromatic heterocycles. The second-order valence-electron chi connectivity index (χ2n) is 2.48. The van der Waals surface area contributed by atoms with Gasteiger partial charge in [0.1, 0.15) is 5.76 Å². The van der Waals surface area contributed by atoms with E-state index >= 15 is 0 Å². The maximum absolute atomic E-state index is 5.29. The second kappa shape index (κ2) is 5.16. The lowest BCUT2D eigenvalue weighted by Crippen LogP contribution is -2.21. The molecule has 3 nitrogen and oxygen atoms in total. The van der Waals surface area contributed by atoms with Gasteiger partial charge in [-0.2, -0.15) is 0 Å². The van der Waals surface area contributed by atoms with Crippen LogP contribution in [-0.2, 0) is 9.47 Å². The largest absolute Gasteiger partial charge is 0.497 e. The van der Waals surface area contributed by atoms with Crippen molar-refractivity contribution in [3.05, 3.63) is 11.8 Å². The van der Waals surface area contributed by atoms with Crippen LogP contribution in [-0.4, -0.2) is 33.4 Å². The van der Waals surface area contributed by atoms with E-state index in [1.54, 1.807) is 7.11 Å². The molecule has 1 rings (SSSR count). The standard InChI is InChI=1S/C8H15NO2/c1-10-6-4-9-7-8-3-2-5-11-8/h3,9H,2,4-7H2,1H3. The summed E-state index contributed by atoms with van der Waals surface area (Å²) < 4.78 is 10.2. The summed E-state index contributed by atoms with van der Waals surface area (Å²) in [7, 11) is 1.70. The van der Waals surface area contributed by atoms with Crippen LogP contribution < -0.4 is 5.32 Å². The minimum atomic E-state index is 0.757. The third-order valence-electron chi connectivity index (χ3n) is 1.56. The number of nitrogens with one attached hydrogen (secondary N) is 1. The van der Waals surface area contributed by atoms with Gasteiger partial charge in [-0.25, -0.2) is 0 Å². The van der Waals surface area contributed by atoms with Crippen LogP contribution in [0.2, 0.25) is 0 Å². The van der Waals surface area contributed by atoms with Crippen molar-refractivity contribution in [1.29, 1.82) is 0 Å². The van der Waals surface area contributed by atoms with Gasteiger partial charge in [0, 0.05) is 20.1 Å². The molecular formula is C8H15NO2. The molecule has 0 atom stereocenters. The van der Waals surface area contributed by atoms with Crippen molar-refractivity contribution in [2.45, 2.75) is 6.42 Å². The summed E-state index contributed by atoms with van der Waals surface area (Å²) in [6.45, 7) is 3.33. The van der Waals surface area contributed by atoms with E-state index < -0.39 is 0 Å². The zero-order chi connectivity index (χ0) is 7.94. The van der Waals surface area contributed by atoms with Crippen molar-refractivity contribution in [3.63, 3.8) is 0 Å². The molecule has 0 saturated carbocycles. The van der Waals surface area contributed by atoms with Gasteiger partial charge in [-0.15, -0.1) is 0 Å². The first-order valence-electron chi connectivity index (χ1n) is 3.95. The van der Waals surface area contributed by atoms with Crippen LogP contribution in [0.25, 0.3) is 0 Å². The van der Waals surface area contributed by atoms with Crippen molar-refractivity contribution in [2.24, 2.45) is 0 Å². The molecule has 11 heavy (non-hydrogen) atoms. The van der Waals surface area contributed by atoms with Crippen LogP contribution in [0.4, 0.5) is 0 Å². The van der Waals surface area contributed by atoms with Gasteiger partial charge < -0.3 is 14.8 Å². The lowest BCUT2D eigenvalue weighted by atomic mass is 10.4. The lowest BCUT2D eigenvalue weighted by Gasteiger charge is -2.04. The Bertz CT molecular complexity index is 134. The topological polar surface area (TPSA) is 30.5 Å². The Morgan fingerprint density at radius 1 is 1.73 bits per heavy atom. The molecule has 0 radical (unpaired) electrons. The molecule has 0 unspecified atom stereocenters. The minimum absolute atomic E-state index is 0.757. The van der Waals surface area contributed by atoms with Crippen LogP contribution in [0.3, 0.4) is 0 Å². The van der Waals surface area contributed by atoms with E-state index in [9.17, 15) is 0 Å². The second-order valence-corrected chi connectivity index (χ2v) is 2.48. The first-order chi connectivity index (χ1) is 5.43. The van der Waals surface area contributed by atoms with E-state index in [4.69, 9.17) is 9.47 Å². The minimum Gasteiger partial charge on any atom is -0.497 e. The Morgan fingerprint density at radius 3 is 3.27 bits per heavy atom. The number of hydrogen-bond acceptors (Lipinski definition) is 3. The first-order valence-corrected chi connectivity index (χ1v) is 3.95. The molecule has 0 bridgehead atoms. The van der Waals surface area contributed by atoms with Crippen LogP contribution in [0.5, 0.6) is 0 Å². The maximum atomic E-state index is 5.29. The smallest absolute Gasteiger partial charge is 0.106 e. The molecule has 3 heteroatoms. The number of ether oxygens (including phenoxy) is 2. The van der Waals surface area contributed by atoms with Gasteiger partial charge in [0.25, 0.3) is 0 Å². The maximum Gasteiger partial charge on any atom is 0.106 e. The molecule has 1 heterocycles. The zero-order valence-corrected chi connectivity index (χ0v) is 6.93. The first kappa shape index (κ1) is 8.56. The van der Waals surface area contributed by atoms with Crippen LogP contribution in [0.15, 0.2) is 11.8 Å². The van der Waals surface area contributed by atoms with E-state index in [2.05, 4.69) is 11.4 Å². The van der Waals surface area contributed by atoms with Crippen molar-refractivity contribution in [3.8, 4) is 0 Å². The van der Waals surface area contributed by atoms with Crippen molar-refractivity contribution in [1.82, 2.24) is 5.32 Å². The van der Waals surface area contributed by atoms with Crippen molar-refractivity contribution < 1.29 is 9.47 Å². The summed E-state index contributed by atoms with van der Waals surface area (Å²) in [5.74, 6) is 1.07. The van der Waals surface area contributed by atoms with E-state index in [1.165, 1.54) is 0 Å². The molecule has 0 saturated heterocycles. The predicted molar refractivity (Wildman–Crippen MR) is 43.4 cm³/mol. The molecule has 0 spiro atoms. The molecular weight excluding hydrogens is 142 g/mol. The summed E-state index contributed by atoms with van der Waals surface area (Å²) >= 11 is 0. The van der Waals surface area contributed by atoms with E-state index in [1.807, 2.05) is 0 Å². The molecule has 0 aliphatic carbocycles. The SMILES string of the molecule is COCCNCC1=CCCO1. The predicted octanol–water partition coefficient (Wildman–Crippen LogP) is 0.527. The van der Waals surface area contributed by atoms with Gasteiger partial charge in [0.15, 0.2) is 0 Å². The lowest BCUT2D eigenvalue weighted by molar-refractivity contribution is 0.195. The summed E-state index contributed by atoms with van der Waals surface area (Å²) in [4.78, 5) is 0. The Kier molecular flexibility index (Phi) is 4.01. The molecule has 0 fully saturated rings. The third-order valence-corrected chi connectivity index (χ3v) is 1.56. The average Bonchev–Trinajstić information content (AvgIpc) is 2.50. The van der Waals surface area contributed by atoms with Crippen LogP contribution in [0, 0.1) is 0 Å². The Hall–Kier alpha value is -0.540.